The van der Waals surface area contributed by atoms with Gasteiger partial charge in [-0.3, -0.25) is 9.59 Å². The molecule has 20 nitrogen and oxygen atoms in total. The number of pyridine rings is 2. The molecule has 0 unspecified atom stereocenters. The normalized spacial score (nSPS) is 14.6. The van der Waals surface area contributed by atoms with Crippen molar-refractivity contribution in [3.05, 3.63) is 202 Å². The van der Waals surface area contributed by atoms with Gasteiger partial charge in [0.1, 0.15) is 50.9 Å². The highest BCUT2D eigenvalue weighted by Crippen LogP contribution is 2.38. The molecule has 6 heterocycles. The first-order valence-electron chi connectivity index (χ1n) is 32.3. The van der Waals surface area contributed by atoms with Gasteiger partial charge in [-0.25, -0.2) is 24.1 Å². The van der Waals surface area contributed by atoms with Crippen LogP contribution in [0.3, 0.4) is 0 Å². The van der Waals surface area contributed by atoms with Crippen LogP contribution in [-0.2, 0) is 17.8 Å². The molecule has 20 heteroatoms. The van der Waals surface area contributed by atoms with E-state index in [1.54, 1.807) is 67.9 Å². The molecule has 492 valence electrons. The van der Waals surface area contributed by atoms with Crippen molar-refractivity contribution in [2.45, 2.75) is 118 Å². The second-order valence-corrected chi connectivity index (χ2v) is 25.7. The number of likely N-dealkylation sites (tertiary alicyclic amines) is 1. The van der Waals surface area contributed by atoms with E-state index in [-0.39, 0.29) is 30.0 Å². The molecule has 2 fully saturated rings. The van der Waals surface area contributed by atoms with Crippen molar-refractivity contribution in [3.8, 4) is 34.5 Å². The van der Waals surface area contributed by atoms with Crippen molar-refractivity contribution < 1.29 is 38.1 Å². The van der Waals surface area contributed by atoms with Gasteiger partial charge in [-0.1, -0.05) is 76.2 Å². The van der Waals surface area contributed by atoms with Crippen LogP contribution in [0.25, 0.3) is 22.1 Å². The minimum atomic E-state index is -0.576. The Balaban J connectivity index is 0.000000195. The molecule has 95 heavy (non-hydrogen) atoms. The average Bonchev–Trinajstić information content (AvgIpc) is 1.64. The molecule has 0 saturated carbocycles. The number of hydrogen-bond donors (Lipinski definition) is 5. The lowest BCUT2D eigenvalue weighted by atomic mass is 9.97. The number of amides is 3. The van der Waals surface area contributed by atoms with E-state index in [2.05, 4.69) is 80.3 Å². The van der Waals surface area contributed by atoms with Crippen molar-refractivity contribution >= 4 is 63.0 Å². The van der Waals surface area contributed by atoms with E-state index in [0.717, 1.165) is 82.3 Å². The lowest BCUT2D eigenvalue weighted by molar-refractivity contribution is 0.0293. The van der Waals surface area contributed by atoms with E-state index in [4.69, 9.17) is 43.8 Å². The number of aryl methyl sites for hydroxylation is 2. The highest BCUT2D eigenvalue weighted by Gasteiger charge is 2.32. The van der Waals surface area contributed by atoms with Gasteiger partial charge in [0.2, 0.25) is 0 Å². The maximum Gasteiger partial charge on any atom is 0.410 e. The van der Waals surface area contributed by atoms with Crippen LogP contribution in [0.1, 0.15) is 127 Å². The van der Waals surface area contributed by atoms with E-state index >= 15 is 0 Å². The summed E-state index contributed by atoms with van der Waals surface area (Å²) in [7, 11) is 3.30. The zero-order valence-electron chi connectivity index (χ0n) is 55.9. The molecule has 10 aromatic rings. The Kier molecular flexibility index (Phi) is 20.3. The number of anilines is 4. The maximum absolute atomic E-state index is 13.3. The average molecular weight is 1280 g/mol. The van der Waals surface area contributed by atoms with Crippen molar-refractivity contribution in [1.29, 1.82) is 0 Å². The number of carbonyl (C=O) groups excluding carboxylic acids is 3. The summed E-state index contributed by atoms with van der Waals surface area (Å²) in [4.78, 5) is 50.5. The van der Waals surface area contributed by atoms with E-state index < -0.39 is 5.60 Å². The monoisotopic (exact) mass is 1280 g/mol. The quantitative estimate of drug-likeness (QED) is 0.0479. The van der Waals surface area contributed by atoms with E-state index in [0.29, 0.717) is 94.6 Å². The standard InChI is InChI=1S/C40H46N6O5.C35H38N6O3/c1-25(2)33-16-13-29(21-26(33)3)43-38(47)28-9-8-10-32(22-28)50-34-17-19-41-37-35(34)36(44-46(37)23-27-11-14-31(49-7)15-12-27)42-30-18-20-45(24-30)39(48)51-40(4,5)6;1-22(2)30-13-10-26(18-23(30)3)39-35(42)25-6-5-7-29(19-25)44-31-15-17-37-34-32(31)33(38-27-14-16-36-20-27)40-41(34)21-24-8-11-28(43-4)12-9-24/h8-17,19,21-22,25,30H,18,20,23-24H2,1-7H3,(H,42,44)(H,43,47);5-13,15,17-19,22,27,36H,14,16,20-21H2,1-4H3,(H,38,40)(H,39,42)/t30-;27-/m11/s1. The van der Waals surface area contributed by atoms with Crippen molar-refractivity contribution in [1.82, 2.24) is 39.7 Å². The number of aromatic nitrogens is 6. The Bertz CT molecular complexity index is 4360. The smallest absolute Gasteiger partial charge is 0.410 e. The van der Waals surface area contributed by atoms with Gasteiger partial charge in [0, 0.05) is 78.7 Å². The van der Waals surface area contributed by atoms with Gasteiger partial charge >= 0.3 is 6.09 Å². The predicted octanol–water partition coefficient (Wildman–Crippen LogP) is 15.1. The van der Waals surface area contributed by atoms with Gasteiger partial charge in [0.25, 0.3) is 11.8 Å². The van der Waals surface area contributed by atoms with Crippen LogP contribution in [0.2, 0.25) is 0 Å². The van der Waals surface area contributed by atoms with Crippen LogP contribution in [0.15, 0.2) is 158 Å². The van der Waals surface area contributed by atoms with Crippen LogP contribution in [0.4, 0.5) is 27.8 Å². The topological polar surface area (TPSA) is 222 Å². The fraction of sp³-hybridized carbons (Fsp3) is 0.320. The summed E-state index contributed by atoms with van der Waals surface area (Å²) in [5.74, 6) is 5.46. The fourth-order valence-electron chi connectivity index (χ4n) is 11.9. The largest absolute Gasteiger partial charge is 0.497 e. The van der Waals surface area contributed by atoms with Crippen molar-refractivity contribution in [2.75, 3.05) is 61.7 Å². The highest BCUT2D eigenvalue weighted by atomic mass is 16.6. The van der Waals surface area contributed by atoms with E-state index in [9.17, 15) is 14.4 Å². The molecule has 2 aliphatic rings. The van der Waals surface area contributed by atoms with Crippen LogP contribution < -0.4 is 45.5 Å². The van der Waals surface area contributed by atoms with Gasteiger partial charge in [0.05, 0.1) is 27.3 Å². The third-order valence-corrected chi connectivity index (χ3v) is 16.7. The minimum Gasteiger partial charge on any atom is -0.497 e. The number of hydrogen-bond acceptors (Lipinski definition) is 15. The minimum absolute atomic E-state index is 0.0663. The van der Waals surface area contributed by atoms with Crippen LogP contribution in [0, 0.1) is 13.8 Å². The summed E-state index contributed by atoms with van der Waals surface area (Å²) in [6.45, 7) is 22.2. The number of rotatable bonds is 20. The molecule has 2 atom stereocenters. The molecule has 0 radical (unpaired) electrons. The molecule has 5 N–H and O–H groups in total. The number of benzene rings is 6. The summed E-state index contributed by atoms with van der Waals surface area (Å²) >= 11 is 0. The number of nitrogens with one attached hydrogen (secondary N) is 5. The van der Waals surface area contributed by atoms with Gasteiger partial charge in [-0.05, 0) is 184 Å². The third-order valence-electron chi connectivity index (χ3n) is 16.7. The van der Waals surface area contributed by atoms with Crippen LogP contribution in [-0.4, -0.2) is 110 Å². The SMILES string of the molecule is COc1ccc(Cn2nc(N[C@@H]3CCN(C(=O)OC(C)(C)C)C3)c3c(Oc4cccc(C(=O)Nc5ccc(C(C)C)c(C)c5)c4)ccnc32)cc1.COc1ccc(Cn2nc(N[C@@H]3CCNC3)c3c(Oc4cccc(C(=O)Nc5ccc(C(C)C)c(C)c5)c4)ccnc32)cc1. The lowest BCUT2D eigenvalue weighted by Gasteiger charge is -2.24. The first-order chi connectivity index (χ1) is 45.7. The molecule has 12 rings (SSSR count). The summed E-state index contributed by atoms with van der Waals surface area (Å²) in [5, 5.41) is 28.0. The molecular weight excluding hydrogens is 1200 g/mol. The molecular formula is C75H84N12O8. The van der Waals surface area contributed by atoms with Gasteiger partial charge in [0.15, 0.2) is 22.9 Å². The third kappa shape index (κ3) is 16.3. The second-order valence-electron chi connectivity index (χ2n) is 25.7. The molecule has 0 spiro atoms. The molecule has 2 aliphatic heterocycles. The molecule has 6 aromatic carbocycles. The van der Waals surface area contributed by atoms with Gasteiger partial charge in [-0.2, -0.15) is 10.2 Å². The molecule has 4 aromatic heterocycles. The number of fused-ring (bicyclic) bond motifs is 2. The maximum atomic E-state index is 13.3. The van der Waals surface area contributed by atoms with E-state index in [1.165, 1.54) is 11.1 Å². The summed E-state index contributed by atoms with van der Waals surface area (Å²) < 4.78 is 32.9. The number of nitrogens with zero attached hydrogens (tertiary/aromatic N) is 7. The van der Waals surface area contributed by atoms with Crippen molar-refractivity contribution in [2.24, 2.45) is 0 Å². The summed E-state index contributed by atoms with van der Waals surface area (Å²) in [5.41, 5.74) is 10.1. The van der Waals surface area contributed by atoms with E-state index in [1.807, 2.05) is 127 Å². The molecule has 2 saturated heterocycles. The van der Waals surface area contributed by atoms with Crippen LogP contribution >= 0.6 is 0 Å². The van der Waals surface area contributed by atoms with Crippen LogP contribution in [0.5, 0.6) is 34.5 Å². The van der Waals surface area contributed by atoms with Gasteiger partial charge < -0.3 is 55.2 Å². The number of ether oxygens (including phenoxy) is 5. The van der Waals surface area contributed by atoms with Gasteiger partial charge in [-0.15, -0.1) is 0 Å². The Hall–Kier alpha value is -10.5. The zero-order valence-corrected chi connectivity index (χ0v) is 55.9. The first-order valence-corrected chi connectivity index (χ1v) is 32.3. The Labute approximate surface area is 554 Å². The lowest BCUT2D eigenvalue weighted by Crippen LogP contribution is -2.36. The summed E-state index contributed by atoms with van der Waals surface area (Å²) in [6.07, 6.45) is 4.80. The summed E-state index contributed by atoms with van der Waals surface area (Å²) in [6, 6.07) is 45.9. The Morgan fingerprint density at radius 1 is 0.579 bits per heavy atom. The number of carbonyl (C=O) groups is 3. The zero-order chi connectivity index (χ0) is 66.9. The molecule has 0 bridgehead atoms. The molecule has 3 amide bonds. The van der Waals surface area contributed by atoms with Crippen molar-refractivity contribution in [3.63, 3.8) is 0 Å². The first kappa shape index (κ1) is 66.0. The second kappa shape index (κ2) is 29.2. The fourth-order valence-corrected chi connectivity index (χ4v) is 11.9. The predicted molar refractivity (Wildman–Crippen MR) is 373 cm³/mol. The highest BCUT2D eigenvalue weighted by molar-refractivity contribution is 6.05. The molecule has 0 aliphatic carbocycles. The Morgan fingerprint density at radius 3 is 1.47 bits per heavy atom. The number of methoxy groups -OCH3 is 2. The Morgan fingerprint density at radius 2 is 1.05 bits per heavy atom.